The number of rotatable bonds is 4. The standard InChI is InChI=1S/C31H34N2O3/c1-30(2,3)23-16-17-31(33-20-22-11-5-8-14-27(22)35)25(18-23)29(24-12-6-9-15-28(24)36-31)32-19-21-10-4-7-13-26(21)34/h4-15,19-20,23,25,29,34-35H,16-18H2,1-3H3/t23-,25+,29-,31+/m1/s1. The number of ether oxygens (including phenoxy) is 1. The first-order valence-electron chi connectivity index (χ1n) is 12.7. The highest BCUT2D eigenvalue weighted by Gasteiger charge is 2.54. The average Bonchev–Trinajstić information content (AvgIpc) is 2.86. The smallest absolute Gasteiger partial charge is 0.205 e. The summed E-state index contributed by atoms with van der Waals surface area (Å²) < 4.78 is 6.75. The number of aliphatic imine (C=N–C) groups is 2. The lowest BCUT2D eigenvalue weighted by molar-refractivity contribution is -0.0717. The second kappa shape index (κ2) is 9.45. The number of benzene rings is 3. The van der Waals surface area contributed by atoms with E-state index >= 15 is 0 Å². The van der Waals surface area contributed by atoms with Gasteiger partial charge in [-0.25, -0.2) is 4.99 Å². The van der Waals surface area contributed by atoms with Crippen molar-refractivity contribution in [1.82, 2.24) is 0 Å². The van der Waals surface area contributed by atoms with Crippen molar-refractivity contribution in [1.29, 1.82) is 0 Å². The van der Waals surface area contributed by atoms with Gasteiger partial charge in [0.1, 0.15) is 17.2 Å². The largest absolute Gasteiger partial charge is 0.507 e. The van der Waals surface area contributed by atoms with Gasteiger partial charge in [-0.05, 0) is 54.5 Å². The van der Waals surface area contributed by atoms with Crippen molar-refractivity contribution in [2.45, 2.75) is 51.8 Å². The Balaban J connectivity index is 1.62. The van der Waals surface area contributed by atoms with Gasteiger partial charge in [-0.3, -0.25) is 4.99 Å². The molecule has 1 saturated carbocycles. The number of aromatic hydroxyl groups is 2. The maximum Gasteiger partial charge on any atom is 0.205 e. The number of phenolic OH excluding ortho intramolecular Hbond substituents is 2. The highest BCUT2D eigenvalue weighted by atomic mass is 16.5. The monoisotopic (exact) mass is 482 g/mol. The van der Waals surface area contributed by atoms with Crippen LogP contribution in [0.1, 0.15) is 62.8 Å². The molecule has 1 heterocycles. The minimum absolute atomic E-state index is 0.00501. The van der Waals surface area contributed by atoms with Crippen molar-refractivity contribution in [2.75, 3.05) is 0 Å². The number of para-hydroxylation sites is 3. The Morgan fingerprint density at radius 1 is 0.861 bits per heavy atom. The minimum atomic E-state index is -0.793. The van der Waals surface area contributed by atoms with Gasteiger partial charge in [0.25, 0.3) is 0 Å². The van der Waals surface area contributed by atoms with Crippen LogP contribution in [0.25, 0.3) is 0 Å². The highest BCUT2D eigenvalue weighted by Crippen LogP contribution is 2.56. The molecule has 2 N–H and O–H groups in total. The Morgan fingerprint density at radius 2 is 1.47 bits per heavy atom. The Bertz CT molecular complexity index is 1290. The van der Waals surface area contributed by atoms with Crippen LogP contribution in [-0.4, -0.2) is 28.4 Å². The molecule has 1 aliphatic heterocycles. The van der Waals surface area contributed by atoms with E-state index in [-0.39, 0.29) is 28.9 Å². The summed E-state index contributed by atoms with van der Waals surface area (Å²) in [5.41, 5.74) is 1.75. The molecule has 1 aliphatic carbocycles. The molecule has 36 heavy (non-hydrogen) atoms. The van der Waals surface area contributed by atoms with Crippen LogP contribution in [0.15, 0.2) is 82.8 Å². The van der Waals surface area contributed by atoms with Crippen molar-refractivity contribution in [2.24, 2.45) is 27.2 Å². The molecule has 1 fully saturated rings. The van der Waals surface area contributed by atoms with E-state index in [1.165, 1.54) is 0 Å². The first-order chi connectivity index (χ1) is 17.3. The van der Waals surface area contributed by atoms with Crippen molar-refractivity contribution in [3.8, 4) is 17.2 Å². The van der Waals surface area contributed by atoms with Crippen LogP contribution in [0.5, 0.6) is 17.2 Å². The van der Waals surface area contributed by atoms with E-state index in [1.807, 2.05) is 48.5 Å². The minimum Gasteiger partial charge on any atom is -0.507 e. The van der Waals surface area contributed by atoms with Crippen molar-refractivity contribution >= 4 is 12.4 Å². The summed E-state index contributed by atoms with van der Waals surface area (Å²) in [7, 11) is 0. The van der Waals surface area contributed by atoms with E-state index in [2.05, 4.69) is 26.8 Å². The maximum absolute atomic E-state index is 10.3. The molecule has 0 aromatic heterocycles. The molecule has 0 saturated heterocycles. The maximum atomic E-state index is 10.3. The third-order valence-corrected chi connectivity index (χ3v) is 7.77. The van der Waals surface area contributed by atoms with Crippen LogP contribution in [0.3, 0.4) is 0 Å². The fourth-order valence-corrected chi connectivity index (χ4v) is 5.59. The fraction of sp³-hybridized carbons (Fsp3) is 0.355. The second-order valence-electron chi connectivity index (χ2n) is 11.0. The lowest BCUT2D eigenvalue weighted by Gasteiger charge is -2.51. The molecular formula is C31H34N2O3. The number of phenols is 2. The van der Waals surface area contributed by atoms with Gasteiger partial charge in [0, 0.05) is 41.5 Å². The summed E-state index contributed by atoms with van der Waals surface area (Å²) >= 11 is 0. The SMILES string of the molecule is CC(C)(C)[C@@H]1CC[C@]2(N=Cc3ccccc3O)Oc3ccccc3[C@@H](N=Cc3ccccc3O)[C@@H]2C1. The van der Waals surface area contributed by atoms with Gasteiger partial charge >= 0.3 is 0 Å². The molecule has 0 amide bonds. The van der Waals surface area contributed by atoms with Crippen LogP contribution in [-0.2, 0) is 0 Å². The first-order valence-corrected chi connectivity index (χ1v) is 12.7. The molecule has 0 spiro atoms. The molecule has 0 unspecified atom stereocenters. The van der Waals surface area contributed by atoms with E-state index in [4.69, 9.17) is 14.7 Å². The molecule has 5 heteroatoms. The van der Waals surface area contributed by atoms with Gasteiger partial charge in [-0.15, -0.1) is 0 Å². The van der Waals surface area contributed by atoms with E-state index in [9.17, 15) is 10.2 Å². The lowest BCUT2D eigenvalue weighted by atomic mass is 9.63. The lowest BCUT2D eigenvalue weighted by Crippen LogP contribution is -2.52. The molecule has 2 aliphatic rings. The third kappa shape index (κ3) is 4.62. The second-order valence-corrected chi connectivity index (χ2v) is 11.0. The van der Waals surface area contributed by atoms with Crippen LogP contribution in [0.4, 0.5) is 0 Å². The zero-order valence-corrected chi connectivity index (χ0v) is 21.1. The van der Waals surface area contributed by atoms with Crippen LogP contribution < -0.4 is 4.74 Å². The zero-order valence-electron chi connectivity index (χ0n) is 21.1. The van der Waals surface area contributed by atoms with Crippen LogP contribution in [0.2, 0.25) is 0 Å². The summed E-state index contributed by atoms with van der Waals surface area (Å²) in [5.74, 6) is 1.68. The quantitative estimate of drug-likeness (QED) is 0.396. The molecule has 186 valence electrons. The topological polar surface area (TPSA) is 74.4 Å². The summed E-state index contributed by atoms with van der Waals surface area (Å²) in [6.45, 7) is 6.90. The van der Waals surface area contributed by atoms with Gasteiger partial charge in [-0.1, -0.05) is 63.2 Å². The van der Waals surface area contributed by atoms with Gasteiger partial charge in [0.05, 0.1) is 6.04 Å². The van der Waals surface area contributed by atoms with Crippen molar-refractivity contribution in [3.63, 3.8) is 0 Å². The molecule has 0 bridgehead atoms. The molecule has 5 rings (SSSR count). The normalized spacial score (nSPS) is 25.9. The van der Waals surface area contributed by atoms with Crippen LogP contribution in [0, 0.1) is 17.3 Å². The third-order valence-electron chi connectivity index (χ3n) is 7.77. The summed E-state index contributed by atoms with van der Waals surface area (Å²) in [6, 6.07) is 22.4. The molecular weight excluding hydrogens is 448 g/mol. The fourth-order valence-electron chi connectivity index (χ4n) is 5.59. The van der Waals surface area contributed by atoms with Crippen molar-refractivity contribution < 1.29 is 14.9 Å². The predicted molar refractivity (Wildman–Crippen MR) is 144 cm³/mol. The van der Waals surface area contributed by atoms with E-state index in [0.717, 1.165) is 30.6 Å². The summed E-state index contributed by atoms with van der Waals surface area (Å²) in [5, 5.41) is 20.7. The van der Waals surface area contributed by atoms with E-state index < -0.39 is 5.72 Å². The molecule has 5 nitrogen and oxygen atoms in total. The zero-order chi connectivity index (χ0) is 25.3. The summed E-state index contributed by atoms with van der Waals surface area (Å²) in [4.78, 5) is 10.2. The highest BCUT2D eigenvalue weighted by molar-refractivity contribution is 5.84. The Kier molecular flexibility index (Phi) is 6.33. The Labute approximate surface area is 213 Å². The van der Waals surface area contributed by atoms with Crippen LogP contribution >= 0.6 is 0 Å². The van der Waals surface area contributed by atoms with E-state index in [1.54, 1.807) is 30.6 Å². The van der Waals surface area contributed by atoms with Gasteiger partial charge < -0.3 is 14.9 Å². The number of fused-ring (bicyclic) bond motifs is 2. The van der Waals surface area contributed by atoms with Gasteiger partial charge in [-0.2, -0.15) is 0 Å². The molecule has 3 aromatic rings. The number of hydrogen-bond donors (Lipinski definition) is 2. The number of hydrogen-bond acceptors (Lipinski definition) is 5. The molecule has 3 aromatic carbocycles. The Hall–Kier alpha value is -3.60. The Morgan fingerprint density at radius 3 is 2.14 bits per heavy atom. The first kappa shape index (κ1) is 24.1. The van der Waals surface area contributed by atoms with Gasteiger partial charge in [0.15, 0.2) is 0 Å². The molecule has 0 radical (unpaired) electrons. The summed E-state index contributed by atoms with van der Waals surface area (Å²) in [6.07, 6.45) is 6.20. The van der Waals surface area contributed by atoms with Gasteiger partial charge in [0.2, 0.25) is 5.72 Å². The average molecular weight is 483 g/mol. The predicted octanol–water partition coefficient (Wildman–Crippen LogP) is 6.93. The van der Waals surface area contributed by atoms with E-state index in [0.29, 0.717) is 17.0 Å². The number of nitrogens with zero attached hydrogens (tertiary/aromatic N) is 2. The molecule has 4 atom stereocenters. The van der Waals surface area contributed by atoms with Crippen molar-refractivity contribution in [3.05, 3.63) is 89.5 Å².